The van der Waals surface area contributed by atoms with Crippen molar-refractivity contribution in [1.82, 2.24) is 15.8 Å². The molecule has 0 radical (unpaired) electrons. The third-order valence-electron chi connectivity index (χ3n) is 3.54. The van der Waals surface area contributed by atoms with Gasteiger partial charge in [0.1, 0.15) is 9.90 Å². The first-order valence-corrected chi connectivity index (χ1v) is 11.1. The molecule has 0 saturated heterocycles. The standard InChI is InChI=1S/C17H15BrN4O4S2/c18-12-9-14(19-10-12)17(24)21-20-15(23)8-11-3-5-13(6-4-11)22-28(25,26)16-2-1-7-27-16/h1-7,9-10,19,22H,8H2,(H,20,23)(H,21,24). The molecule has 11 heteroatoms. The van der Waals surface area contributed by atoms with Crippen LogP contribution in [-0.2, 0) is 21.2 Å². The normalized spacial score (nSPS) is 11.0. The number of halogens is 1. The third-order valence-corrected chi connectivity index (χ3v) is 6.78. The van der Waals surface area contributed by atoms with E-state index < -0.39 is 21.8 Å². The Morgan fingerprint density at radius 1 is 1.11 bits per heavy atom. The van der Waals surface area contributed by atoms with Gasteiger partial charge in [0.15, 0.2) is 0 Å². The van der Waals surface area contributed by atoms with E-state index in [1.807, 2.05) is 0 Å². The van der Waals surface area contributed by atoms with Crippen molar-refractivity contribution in [2.24, 2.45) is 0 Å². The van der Waals surface area contributed by atoms with E-state index >= 15 is 0 Å². The Labute approximate surface area is 173 Å². The van der Waals surface area contributed by atoms with Gasteiger partial charge in [0.05, 0.1) is 6.42 Å². The molecule has 146 valence electrons. The topological polar surface area (TPSA) is 120 Å². The van der Waals surface area contributed by atoms with E-state index in [-0.39, 0.29) is 10.6 Å². The van der Waals surface area contributed by atoms with Crippen molar-refractivity contribution in [1.29, 1.82) is 0 Å². The number of thiophene rings is 1. The average molecular weight is 483 g/mol. The Balaban J connectivity index is 1.52. The summed E-state index contributed by atoms with van der Waals surface area (Å²) in [6, 6.07) is 11.2. The molecule has 0 aliphatic rings. The fourth-order valence-electron chi connectivity index (χ4n) is 2.23. The number of sulfonamides is 1. The molecular weight excluding hydrogens is 468 g/mol. The summed E-state index contributed by atoms with van der Waals surface area (Å²) in [6.45, 7) is 0. The minimum Gasteiger partial charge on any atom is -0.356 e. The maximum Gasteiger partial charge on any atom is 0.286 e. The number of aromatic amines is 1. The van der Waals surface area contributed by atoms with E-state index in [1.54, 1.807) is 48.0 Å². The second-order valence-electron chi connectivity index (χ2n) is 5.65. The lowest BCUT2D eigenvalue weighted by atomic mass is 10.1. The Morgan fingerprint density at radius 3 is 2.46 bits per heavy atom. The summed E-state index contributed by atoms with van der Waals surface area (Å²) in [6.07, 6.45) is 1.62. The van der Waals surface area contributed by atoms with E-state index in [9.17, 15) is 18.0 Å². The van der Waals surface area contributed by atoms with Crippen LogP contribution in [0, 0.1) is 0 Å². The van der Waals surface area contributed by atoms with Gasteiger partial charge in [-0.2, -0.15) is 0 Å². The Kier molecular flexibility index (Phi) is 6.17. The van der Waals surface area contributed by atoms with Gasteiger partial charge in [-0.15, -0.1) is 11.3 Å². The lowest BCUT2D eigenvalue weighted by molar-refractivity contribution is -0.121. The summed E-state index contributed by atoms with van der Waals surface area (Å²) in [5.41, 5.74) is 5.99. The van der Waals surface area contributed by atoms with Crippen molar-refractivity contribution in [3.8, 4) is 0 Å². The molecule has 0 saturated carbocycles. The molecule has 0 bridgehead atoms. The van der Waals surface area contributed by atoms with Gasteiger partial charge in [0, 0.05) is 16.4 Å². The van der Waals surface area contributed by atoms with Crippen LogP contribution in [0.5, 0.6) is 0 Å². The van der Waals surface area contributed by atoms with Crippen LogP contribution in [0.25, 0.3) is 0 Å². The predicted octanol–water partition coefficient (Wildman–Crippen LogP) is 2.64. The molecule has 28 heavy (non-hydrogen) atoms. The van der Waals surface area contributed by atoms with Crippen LogP contribution in [-0.4, -0.2) is 25.2 Å². The highest BCUT2D eigenvalue weighted by atomic mass is 79.9. The summed E-state index contributed by atoms with van der Waals surface area (Å²) in [5.74, 6) is -0.886. The number of rotatable bonds is 6. The van der Waals surface area contributed by atoms with E-state index in [1.165, 1.54) is 6.07 Å². The molecule has 0 unspecified atom stereocenters. The summed E-state index contributed by atoms with van der Waals surface area (Å²) < 4.78 is 27.8. The molecule has 0 atom stereocenters. The number of hydrogen-bond acceptors (Lipinski definition) is 5. The highest BCUT2D eigenvalue weighted by Crippen LogP contribution is 2.20. The SMILES string of the molecule is O=C(Cc1ccc(NS(=O)(=O)c2cccs2)cc1)NNC(=O)c1cc(Br)c[nH]1. The zero-order valence-electron chi connectivity index (χ0n) is 14.2. The van der Waals surface area contributed by atoms with E-state index in [4.69, 9.17) is 0 Å². The number of nitrogens with one attached hydrogen (secondary N) is 4. The minimum atomic E-state index is -3.61. The Hall–Kier alpha value is -2.63. The molecule has 1 aromatic carbocycles. The fraction of sp³-hybridized carbons (Fsp3) is 0.0588. The Morgan fingerprint density at radius 2 is 1.86 bits per heavy atom. The molecule has 3 aromatic rings. The van der Waals surface area contributed by atoms with Gasteiger partial charge in [0.2, 0.25) is 5.91 Å². The van der Waals surface area contributed by atoms with Gasteiger partial charge in [-0.25, -0.2) is 8.42 Å². The highest BCUT2D eigenvalue weighted by Gasteiger charge is 2.15. The lowest BCUT2D eigenvalue weighted by Crippen LogP contribution is -2.42. The number of amides is 2. The Bertz CT molecular complexity index is 1080. The number of carbonyl (C=O) groups is 2. The van der Waals surface area contributed by atoms with Crippen molar-refractivity contribution < 1.29 is 18.0 Å². The van der Waals surface area contributed by atoms with E-state index in [2.05, 4.69) is 36.5 Å². The molecule has 8 nitrogen and oxygen atoms in total. The number of benzene rings is 1. The van der Waals surface area contributed by atoms with Gasteiger partial charge < -0.3 is 4.98 Å². The number of hydrazine groups is 1. The van der Waals surface area contributed by atoms with Crippen LogP contribution in [0.4, 0.5) is 5.69 Å². The molecule has 2 amide bonds. The van der Waals surface area contributed by atoms with Gasteiger partial charge in [0.25, 0.3) is 15.9 Å². The summed E-state index contributed by atoms with van der Waals surface area (Å²) in [4.78, 5) is 26.6. The minimum absolute atomic E-state index is 0.0205. The summed E-state index contributed by atoms with van der Waals surface area (Å²) >= 11 is 4.34. The molecule has 0 spiro atoms. The smallest absolute Gasteiger partial charge is 0.286 e. The molecule has 4 N–H and O–H groups in total. The number of aromatic nitrogens is 1. The van der Waals surface area contributed by atoms with Crippen LogP contribution >= 0.6 is 27.3 Å². The molecule has 3 rings (SSSR count). The first-order chi connectivity index (χ1) is 13.3. The van der Waals surface area contributed by atoms with E-state index in [0.29, 0.717) is 16.9 Å². The number of H-pyrrole nitrogens is 1. The molecular formula is C17H15BrN4O4S2. The van der Waals surface area contributed by atoms with Crippen molar-refractivity contribution >= 4 is 54.8 Å². The maximum absolute atomic E-state index is 12.2. The summed E-state index contributed by atoms with van der Waals surface area (Å²) in [5, 5.41) is 1.68. The summed E-state index contributed by atoms with van der Waals surface area (Å²) in [7, 11) is -3.61. The third kappa shape index (κ3) is 5.21. The van der Waals surface area contributed by atoms with Crippen LogP contribution in [0.1, 0.15) is 16.1 Å². The number of anilines is 1. The molecule has 2 heterocycles. The fourth-order valence-corrected chi connectivity index (χ4v) is 4.63. The van der Waals surface area contributed by atoms with E-state index in [0.717, 1.165) is 15.8 Å². The molecule has 0 aliphatic carbocycles. The van der Waals surface area contributed by atoms with Crippen LogP contribution in [0.2, 0.25) is 0 Å². The molecule has 0 fully saturated rings. The van der Waals surface area contributed by atoms with Crippen LogP contribution in [0.3, 0.4) is 0 Å². The first-order valence-electron chi connectivity index (χ1n) is 7.92. The van der Waals surface area contributed by atoms with Gasteiger partial charge in [-0.05, 0) is 51.1 Å². The van der Waals surface area contributed by atoms with Crippen molar-refractivity contribution in [2.45, 2.75) is 10.6 Å². The highest BCUT2D eigenvalue weighted by molar-refractivity contribution is 9.10. The second kappa shape index (κ2) is 8.59. The first kappa shape index (κ1) is 20.1. The second-order valence-corrected chi connectivity index (χ2v) is 9.42. The molecule has 2 aromatic heterocycles. The van der Waals surface area contributed by atoms with Crippen LogP contribution < -0.4 is 15.6 Å². The number of carbonyl (C=O) groups excluding carboxylic acids is 2. The monoisotopic (exact) mass is 482 g/mol. The molecule has 0 aliphatic heterocycles. The quantitative estimate of drug-likeness (QED) is 0.403. The van der Waals surface area contributed by atoms with Gasteiger partial charge in [-0.3, -0.25) is 25.2 Å². The van der Waals surface area contributed by atoms with Gasteiger partial charge in [-0.1, -0.05) is 18.2 Å². The van der Waals surface area contributed by atoms with Crippen molar-refractivity contribution in [2.75, 3.05) is 4.72 Å². The zero-order valence-corrected chi connectivity index (χ0v) is 17.4. The van der Waals surface area contributed by atoms with Gasteiger partial charge >= 0.3 is 0 Å². The number of hydrogen-bond donors (Lipinski definition) is 4. The lowest BCUT2D eigenvalue weighted by Gasteiger charge is -2.08. The largest absolute Gasteiger partial charge is 0.356 e. The predicted molar refractivity (Wildman–Crippen MR) is 109 cm³/mol. The zero-order chi connectivity index (χ0) is 20.1. The van der Waals surface area contributed by atoms with Crippen LogP contribution in [0.15, 0.2) is 62.7 Å². The maximum atomic E-state index is 12.2. The van der Waals surface area contributed by atoms with Crippen molar-refractivity contribution in [3.05, 3.63) is 69.8 Å². The van der Waals surface area contributed by atoms with Crippen molar-refractivity contribution in [3.63, 3.8) is 0 Å². The average Bonchev–Trinajstić information content (AvgIpc) is 3.33.